The van der Waals surface area contributed by atoms with Crippen molar-refractivity contribution in [3.63, 3.8) is 0 Å². The van der Waals surface area contributed by atoms with Gasteiger partial charge in [0.15, 0.2) is 0 Å². The van der Waals surface area contributed by atoms with Crippen molar-refractivity contribution in [2.24, 2.45) is 0 Å². The van der Waals surface area contributed by atoms with Crippen molar-refractivity contribution in [1.82, 2.24) is 9.78 Å². The van der Waals surface area contributed by atoms with Gasteiger partial charge < -0.3 is 10.4 Å². The first kappa shape index (κ1) is 14.9. The standard InChI is InChI=1S/C17H14FN3O2/c18-15-6-1-2-7-16(15)21-10-13(9-19-21)17(23)20-14-5-3-4-12(8-14)11-22/h1-10,22H,11H2,(H,20,23). The third kappa shape index (κ3) is 3.27. The minimum Gasteiger partial charge on any atom is -0.392 e. The SMILES string of the molecule is O=C(Nc1cccc(CO)c1)c1cnn(-c2ccccc2F)c1. The number of benzene rings is 2. The van der Waals surface area contributed by atoms with Crippen LogP contribution in [0.15, 0.2) is 60.9 Å². The van der Waals surface area contributed by atoms with Crippen molar-refractivity contribution in [2.75, 3.05) is 5.32 Å². The summed E-state index contributed by atoms with van der Waals surface area (Å²) in [5.41, 5.74) is 1.85. The van der Waals surface area contributed by atoms with Crippen molar-refractivity contribution in [1.29, 1.82) is 0 Å². The van der Waals surface area contributed by atoms with Crippen molar-refractivity contribution in [3.8, 4) is 5.69 Å². The second-order valence-corrected chi connectivity index (χ2v) is 4.94. The Morgan fingerprint density at radius 1 is 1.22 bits per heavy atom. The lowest BCUT2D eigenvalue weighted by Crippen LogP contribution is -2.11. The Morgan fingerprint density at radius 3 is 2.83 bits per heavy atom. The van der Waals surface area contributed by atoms with E-state index in [1.807, 2.05) is 0 Å². The lowest BCUT2D eigenvalue weighted by atomic mass is 10.2. The molecule has 0 spiro atoms. The summed E-state index contributed by atoms with van der Waals surface area (Å²) < 4.78 is 15.0. The minimum absolute atomic E-state index is 0.102. The molecule has 2 aromatic carbocycles. The zero-order valence-corrected chi connectivity index (χ0v) is 12.1. The highest BCUT2D eigenvalue weighted by molar-refractivity contribution is 6.04. The molecule has 0 radical (unpaired) electrons. The van der Waals surface area contributed by atoms with Crippen LogP contribution >= 0.6 is 0 Å². The number of aromatic nitrogens is 2. The van der Waals surface area contributed by atoms with Crippen molar-refractivity contribution in [3.05, 3.63) is 77.9 Å². The molecule has 2 N–H and O–H groups in total. The van der Waals surface area contributed by atoms with Gasteiger partial charge in [0, 0.05) is 11.9 Å². The van der Waals surface area contributed by atoms with E-state index in [1.165, 1.54) is 23.1 Å². The van der Waals surface area contributed by atoms with Gasteiger partial charge in [-0.3, -0.25) is 4.79 Å². The summed E-state index contributed by atoms with van der Waals surface area (Å²) in [7, 11) is 0. The van der Waals surface area contributed by atoms with E-state index in [-0.39, 0.29) is 18.2 Å². The minimum atomic E-state index is -0.418. The molecule has 0 aliphatic heterocycles. The molecular weight excluding hydrogens is 297 g/mol. The number of nitrogens with one attached hydrogen (secondary N) is 1. The van der Waals surface area contributed by atoms with Crippen LogP contribution in [0.25, 0.3) is 5.69 Å². The molecule has 6 heteroatoms. The maximum atomic E-state index is 13.7. The van der Waals surface area contributed by atoms with Crippen LogP contribution < -0.4 is 5.32 Å². The molecule has 0 aliphatic carbocycles. The lowest BCUT2D eigenvalue weighted by molar-refractivity contribution is 0.102. The fourth-order valence-electron chi connectivity index (χ4n) is 2.16. The predicted octanol–water partition coefficient (Wildman–Crippen LogP) is 2.76. The summed E-state index contributed by atoms with van der Waals surface area (Å²) in [6, 6.07) is 13.1. The third-order valence-corrected chi connectivity index (χ3v) is 3.31. The smallest absolute Gasteiger partial charge is 0.258 e. The highest BCUT2D eigenvalue weighted by Gasteiger charge is 2.11. The summed E-state index contributed by atoms with van der Waals surface area (Å²) >= 11 is 0. The topological polar surface area (TPSA) is 67.2 Å². The highest BCUT2D eigenvalue weighted by atomic mass is 19.1. The number of hydrogen-bond donors (Lipinski definition) is 2. The van der Waals surface area contributed by atoms with Gasteiger partial charge in [0.25, 0.3) is 5.91 Å². The lowest BCUT2D eigenvalue weighted by Gasteiger charge is -2.05. The van der Waals surface area contributed by atoms with Crippen LogP contribution in [-0.4, -0.2) is 20.8 Å². The van der Waals surface area contributed by atoms with Gasteiger partial charge in [-0.1, -0.05) is 24.3 Å². The Hall–Kier alpha value is -2.99. The van der Waals surface area contributed by atoms with Gasteiger partial charge in [-0.25, -0.2) is 9.07 Å². The van der Waals surface area contributed by atoms with E-state index in [0.717, 1.165) is 0 Å². The van der Waals surface area contributed by atoms with Gasteiger partial charge in [-0.05, 0) is 29.8 Å². The molecule has 1 amide bonds. The third-order valence-electron chi connectivity index (χ3n) is 3.31. The molecule has 0 atom stereocenters. The molecule has 3 aromatic rings. The Morgan fingerprint density at radius 2 is 2.04 bits per heavy atom. The van der Waals surface area contributed by atoms with E-state index in [4.69, 9.17) is 5.11 Å². The van der Waals surface area contributed by atoms with Crippen molar-refractivity contribution in [2.45, 2.75) is 6.61 Å². The van der Waals surface area contributed by atoms with Gasteiger partial charge in [-0.2, -0.15) is 5.10 Å². The highest BCUT2D eigenvalue weighted by Crippen LogP contribution is 2.15. The zero-order valence-electron chi connectivity index (χ0n) is 12.1. The summed E-state index contributed by atoms with van der Waals surface area (Å²) in [4.78, 5) is 12.2. The Bertz CT molecular complexity index is 845. The van der Waals surface area contributed by atoms with Crippen LogP contribution in [0.5, 0.6) is 0 Å². The number of anilines is 1. The van der Waals surface area contributed by atoms with E-state index in [9.17, 15) is 9.18 Å². The number of hydrogen-bond acceptors (Lipinski definition) is 3. The van der Waals surface area contributed by atoms with E-state index in [1.54, 1.807) is 42.5 Å². The maximum absolute atomic E-state index is 13.7. The molecule has 116 valence electrons. The Balaban J connectivity index is 1.80. The van der Waals surface area contributed by atoms with E-state index < -0.39 is 5.82 Å². The quantitative estimate of drug-likeness (QED) is 0.778. The average molecular weight is 311 g/mol. The molecule has 0 fully saturated rings. The first-order chi connectivity index (χ1) is 11.2. The van der Waals surface area contributed by atoms with Crippen LogP contribution in [0.4, 0.5) is 10.1 Å². The first-order valence-electron chi connectivity index (χ1n) is 6.98. The van der Waals surface area contributed by atoms with Gasteiger partial charge in [0.1, 0.15) is 11.5 Å². The second kappa shape index (κ2) is 6.41. The summed E-state index contributed by atoms with van der Waals surface area (Å²) in [6.45, 7) is -0.102. The number of rotatable bonds is 4. The molecule has 23 heavy (non-hydrogen) atoms. The number of carbonyl (C=O) groups excluding carboxylic acids is 1. The Labute approximate surface area is 132 Å². The molecule has 3 rings (SSSR count). The zero-order chi connectivity index (χ0) is 16.2. The molecule has 5 nitrogen and oxygen atoms in total. The molecular formula is C17H14FN3O2. The number of aliphatic hydroxyl groups excluding tert-OH is 1. The fourth-order valence-corrected chi connectivity index (χ4v) is 2.16. The van der Waals surface area contributed by atoms with E-state index in [0.29, 0.717) is 16.8 Å². The summed E-state index contributed by atoms with van der Waals surface area (Å²) in [5, 5.41) is 15.8. The molecule has 0 saturated carbocycles. The molecule has 0 aliphatic rings. The number of halogens is 1. The monoisotopic (exact) mass is 311 g/mol. The van der Waals surface area contributed by atoms with Crippen molar-refractivity contribution >= 4 is 11.6 Å². The van der Waals surface area contributed by atoms with Crippen LogP contribution in [0.1, 0.15) is 15.9 Å². The number of nitrogens with zero attached hydrogens (tertiary/aromatic N) is 2. The second-order valence-electron chi connectivity index (χ2n) is 4.94. The van der Waals surface area contributed by atoms with Gasteiger partial charge in [-0.15, -0.1) is 0 Å². The maximum Gasteiger partial charge on any atom is 0.258 e. The number of carbonyl (C=O) groups is 1. The molecule has 0 saturated heterocycles. The molecule has 1 heterocycles. The largest absolute Gasteiger partial charge is 0.392 e. The Kier molecular flexibility index (Phi) is 4.16. The van der Waals surface area contributed by atoms with Crippen molar-refractivity contribution < 1.29 is 14.3 Å². The van der Waals surface area contributed by atoms with E-state index >= 15 is 0 Å². The van der Waals surface area contributed by atoms with Crippen LogP contribution in [0.3, 0.4) is 0 Å². The van der Waals surface area contributed by atoms with Gasteiger partial charge in [0.2, 0.25) is 0 Å². The van der Waals surface area contributed by atoms with Crippen LogP contribution in [-0.2, 0) is 6.61 Å². The molecule has 0 unspecified atom stereocenters. The molecule has 1 aromatic heterocycles. The average Bonchev–Trinajstić information content (AvgIpc) is 3.05. The number of para-hydroxylation sites is 1. The number of aliphatic hydroxyl groups is 1. The fraction of sp³-hybridized carbons (Fsp3) is 0.0588. The normalized spacial score (nSPS) is 10.5. The number of amides is 1. The predicted molar refractivity (Wildman–Crippen MR) is 83.8 cm³/mol. The molecule has 0 bridgehead atoms. The van der Waals surface area contributed by atoms with Gasteiger partial charge >= 0.3 is 0 Å². The van der Waals surface area contributed by atoms with Crippen LogP contribution in [0.2, 0.25) is 0 Å². The summed E-state index contributed by atoms with van der Waals surface area (Å²) in [5.74, 6) is -0.777. The van der Waals surface area contributed by atoms with Crippen LogP contribution in [0, 0.1) is 5.82 Å². The summed E-state index contributed by atoms with van der Waals surface area (Å²) in [6.07, 6.45) is 2.83. The first-order valence-corrected chi connectivity index (χ1v) is 6.98. The van der Waals surface area contributed by atoms with Gasteiger partial charge in [0.05, 0.1) is 18.4 Å². The van der Waals surface area contributed by atoms with E-state index in [2.05, 4.69) is 10.4 Å².